The van der Waals surface area contributed by atoms with Crippen molar-refractivity contribution < 1.29 is 4.79 Å². The maximum atomic E-state index is 12.3. The Balaban J connectivity index is 1.45. The molecule has 0 aliphatic rings. The second-order valence-electron chi connectivity index (χ2n) is 8.73. The zero-order valence-electron chi connectivity index (χ0n) is 19.7. The van der Waals surface area contributed by atoms with Crippen LogP contribution in [0.2, 0.25) is 0 Å². The highest BCUT2D eigenvalue weighted by Gasteiger charge is 2.11. The van der Waals surface area contributed by atoms with Gasteiger partial charge in [0.05, 0.1) is 11.0 Å². The molecule has 3 rings (SSSR count). The number of hydrogen-bond acceptors (Lipinski definition) is 2. The SMILES string of the molecule is CCCCCCCCCCn1c(CCNC(=O)CCc2ccccc2)nc2ccccc21. The van der Waals surface area contributed by atoms with Gasteiger partial charge in [-0.15, -0.1) is 0 Å². The number of carbonyl (C=O) groups is 1. The Labute approximate surface area is 193 Å². The Bertz CT molecular complexity index is 932. The molecule has 1 heterocycles. The van der Waals surface area contributed by atoms with Crippen LogP contribution in [0.4, 0.5) is 0 Å². The van der Waals surface area contributed by atoms with Gasteiger partial charge in [0.15, 0.2) is 0 Å². The van der Waals surface area contributed by atoms with Crippen LogP contribution < -0.4 is 5.32 Å². The summed E-state index contributed by atoms with van der Waals surface area (Å²) in [5, 5.41) is 3.08. The van der Waals surface area contributed by atoms with E-state index in [9.17, 15) is 4.79 Å². The predicted octanol–water partition coefficient (Wildman–Crippen LogP) is 6.47. The van der Waals surface area contributed by atoms with E-state index in [1.165, 1.54) is 62.4 Å². The van der Waals surface area contributed by atoms with Crippen molar-refractivity contribution in [1.29, 1.82) is 0 Å². The first-order valence-corrected chi connectivity index (χ1v) is 12.5. The van der Waals surface area contributed by atoms with Crippen LogP contribution in [0.15, 0.2) is 54.6 Å². The molecule has 1 aromatic heterocycles. The van der Waals surface area contributed by atoms with Gasteiger partial charge >= 0.3 is 0 Å². The minimum Gasteiger partial charge on any atom is -0.356 e. The molecule has 0 unspecified atom stereocenters. The molecular weight excluding hydrogens is 394 g/mol. The lowest BCUT2D eigenvalue weighted by Gasteiger charge is -2.10. The lowest BCUT2D eigenvalue weighted by molar-refractivity contribution is -0.121. The molecule has 0 saturated heterocycles. The number of aromatic nitrogens is 2. The second kappa shape index (κ2) is 13.7. The van der Waals surface area contributed by atoms with Crippen LogP contribution in [-0.4, -0.2) is 22.0 Å². The highest BCUT2D eigenvalue weighted by Crippen LogP contribution is 2.18. The summed E-state index contributed by atoms with van der Waals surface area (Å²) in [7, 11) is 0. The van der Waals surface area contributed by atoms with Gasteiger partial charge in [-0.05, 0) is 30.5 Å². The summed E-state index contributed by atoms with van der Waals surface area (Å²) in [5.41, 5.74) is 3.47. The van der Waals surface area contributed by atoms with Crippen LogP contribution in [0, 0.1) is 0 Å². The number of imidazole rings is 1. The fourth-order valence-electron chi connectivity index (χ4n) is 4.27. The van der Waals surface area contributed by atoms with Crippen molar-refractivity contribution in [2.24, 2.45) is 0 Å². The molecule has 4 heteroatoms. The third-order valence-electron chi connectivity index (χ3n) is 6.12. The van der Waals surface area contributed by atoms with Gasteiger partial charge in [0.1, 0.15) is 5.82 Å². The standard InChI is InChI=1S/C28H39N3O/c1-2-3-4-5-6-7-8-14-23-31-26-18-13-12-17-25(26)30-27(31)21-22-29-28(32)20-19-24-15-10-9-11-16-24/h9-13,15-18H,2-8,14,19-23H2,1H3,(H,29,32). The van der Waals surface area contributed by atoms with E-state index in [1.54, 1.807) is 0 Å². The second-order valence-corrected chi connectivity index (χ2v) is 8.73. The minimum atomic E-state index is 0.111. The smallest absolute Gasteiger partial charge is 0.220 e. The van der Waals surface area contributed by atoms with Crippen LogP contribution in [0.3, 0.4) is 0 Å². The summed E-state index contributed by atoms with van der Waals surface area (Å²) < 4.78 is 2.36. The molecule has 2 aromatic carbocycles. The molecule has 0 spiro atoms. The summed E-state index contributed by atoms with van der Waals surface area (Å²) in [4.78, 5) is 17.1. The highest BCUT2D eigenvalue weighted by molar-refractivity contribution is 5.77. The number of benzene rings is 2. The van der Waals surface area contributed by atoms with E-state index in [-0.39, 0.29) is 5.91 Å². The predicted molar refractivity (Wildman–Crippen MR) is 134 cm³/mol. The molecule has 1 N–H and O–H groups in total. The number of amides is 1. The van der Waals surface area contributed by atoms with E-state index in [2.05, 4.69) is 47.1 Å². The van der Waals surface area contributed by atoms with Gasteiger partial charge in [-0.2, -0.15) is 0 Å². The maximum absolute atomic E-state index is 12.3. The molecule has 0 radical (unpaired) electrons. The van der Waals surface area contributed by atoms with E-state index in [0.717, 1.165) is 30.7 Å². The van der Waals surface area contributed by atoms with Gasteiger partial charge in [0, 0.05) is 25.9 Å². The Kier molecular flexibility index (Phi) is 10.3. The summed E-state index contributed by atoms with van der Waals surface area (Å²) in [5.74, 6) is 1.19. The fraction of sp³-hybridized carbons (Fsp3) is 0.500. The van der Waals surface area contributed by atoms with Crippen LogP contribution in [0.1, 0.15) is 76.1 Å². The molecule has 0 aliphatic heterocycles. The monoisotopic (exact) mass is 433 g/mol. The topological polar surface area (TPSA) is 46.9 Å². The molecule has 0 bridgehead atoms. The van der Waals surface area contributed by atoms with Crippen LogP contribution >= 0.6 is 0 Å². The zero-order chi connectivity index (χ0) is 22.4. The Morgan fingerprint density at radius 1 is 0.844 bits per heavy atom. The normalized spacial score (nSPS) is 11.2. The van der Waals surface area contributed by atoms with Crippen molar-refractivity contribution in [3.05, 3.63) is 66.0 Å². The average Bonchev–Trinajstić information content (AvgIpc) is 3.17. The van der Waals surface area contributed by atoms with E-state index in [4.69, 9.17) is 4.98 Å². The Morgan fingerprint density at radius 2 is 1.53 bits per heavy atom. The van der Waals surface area contributed by atoms with Crippen molar-refractivity contribution in [3.8, 4) is 0 Å². The van der Waals surface area contributed by atoms with Gasteiger partial charge in [-0.3, -0.25) is 4.79 Å². The molecular formula is C28H39N3O. The van der Waals surface area contributed by atoms with Crippen LogP contribution in [-0.2, 0) is 24.2 Å². The molecule has 1 amide bonds. The third kappa shape index (κ3) is 7.81. The van der Waals surface area contributed by atoms with E-state index in [0.29, 0.717) is 13.0 Å². The first-order chi connectivity index (χ1) is 15.8. The number of rotatable bonds is 15. The van der Waals surface area contributed by atoms with Crippen molar-refractivity contribution in [2.45, 2.75) is 84.1 Å². The summed E-state index contributed by atoms with van der Waals surface area (Å²) in [6.45, 7) is 3.91. The molecule has 32 heavy (non-hydrogen) atoms. The largest absolute Gasteiger partial charge is 0.356 e. The number of hydrogen-bond donors (Lipinski definition) is 1. The van der Waals surface area contributed by atoms with Crippen molar-refractivity contribution >= 4 is 16.9 Å². The Morgan fingerprint density at radius 3 is 2.31 bits per heavy atom. The van der Waals surface area contributed by atoms with Crippen LogP contribution in [0.5, 0.6) is 0 Å². The Hall–Kier alpha value is -2.62. The number of carbonyl (C=O) groups excluding carboxylic acids is 1. The minimum absolute atomic E-state index is 0.111. The molecule has 0 atom stereocenters. The van der Waals surface area contributed by atoms with Gasteiger partial charge in [-0.25, -0.2) is 4.98 Å². The van der Waals surface area contributed by atoms with Crippen LogP contribution in [0.25, 0.3) is 11.0 Å². The maximum Gasteiger partial charge on any atom is 0.220 e. The average molecular weight is 434 g/mol. The third-order valence-corrected chi connectivity index (χ3v) is 6.12. The van der Waals surface area contributed by atoms with E-state index in [1.807, 2.05) is 24.3 Å². The van der Waals surface area contributed by atoms with Crippen molar-refractivity contribution in [2.75, 3.05) is 6.54 Å². The van der Waals surface area contributed by atoms with Crippen molar-refractivity contribution in [3.63, 3.8) is 0 Å². The quantitative estimate of drug-likeness (QED) is 0.279. The van der Waals surface area contributed by atoms with Gasteiger partial charge in [0.25, 0.3) is 0 Å². The fourth-order valence-corrected chi connectivity index (χ4v) is 4.27. The first-order valence-electron chi connectivity index (χ1n) is 12.5. The summed E-state index contributed by atoms with van der Waals surface area (Å²) >= 11 is 0. The molecule has 172 valence electrons. The summed E-state index contributed by atoms with van der Waals surface area (Å²) in [6, 6.07) is 18.6. The first kappa shape index (κ1) is 24.0. The van der Waals surface area contributed by atoms with Gasteiger partial charge < -0.3 is 9.88 Å². The number of unbranched alkanes of at least 4 members (excludes halogenated alkanes) is 7. The highest BCUT2D eigenvalue weighted by atomic mass is 16.1. The molecule has 3 aromatic rings. The number of aryl methyl sites for hydroxylation is 2. The van der Waals surface area contributed by atoms with E-state index < -0.39 is 0 Å². The number of nitrogens with zero attached hydrogens (tertiary/aromatic N) is 2. The lowest BCUT2D eigenvalue weighted by atomic mass is 10.1. The molecule has 0 fully saturated rings. The number of para-hydroxylation sites is 2. The summed E-state index contributed by atoms with van der Waals surface area (Å²) in [6.07, 6.45) is 12.6. The lowest BCUT2D eigenvalue weighted by Crippen LogP contribution is -2.26. The van der Waals surface area contributed by atoms with Gasteiger partial charge in [-0.1, -0.05) is 94.3 Å². The van der Waals surface area contributed by atoms with Gasteiger partial charge in [0.2, 0.25) is 5.91 Å². The number of nitrogens with one attached hydrogen (secondary N) is 1. The molecule has 0 aliphatic carbocycles. The van der Waals surface area contributed by atoms with E-state index >= 15 is 0 Å². The zero-order valence-corrected chi connectivity index (χ0v) is 19.7. The van der Waals surface area contributed by atoms with Crippen molar-refractivity contribution in [1.82, 2.24) is 14.9 Å². The number of fused-ring (bicyclic) bond motifs is 1. The molecule has 0 saturated carbocycles. The molecule has 4 nitrogen and oxygen atoms in total.